The molecule has 0 amide bonds. The number of aromatic hydroxyl groups is 1. The Morgan fingerprint density at radius 1 is 1.27 bits per heavy atom. The molecule has 0 aromatic heterocycles. The molecule has 7 heteroatoms. The molecule has 0 unspecified atom stereocenters. The molecule has 0 atom stereocenters. The first kappa shape index (κ1) is 18.2. The molecule has 0 saturated heterocycles. The van der Waals surface area contributed by atoms with Crippen LogP contribution in [0.3, 0.4) is 0 Å². The van der Waals surface area contributed by atoms with Gasteiger partial charge in [-0.3, -0.25) is 0 Å². The van der Waals surface area contributed by atoms with Crippen molar-refractivity contribution < 1.29 is 28.2 Å². The van der Waals surface area contributed by atoms with E-state index >= 15 is 0 Å². The lowest BCUT2D eigenvalue weighted by Crippen LogP contribution is -2.10. The summed E-state index contributed by atoms with van der Waals surface area (Å²) in [4.78, 5) is 12.3. The molecule has 1 saturated carbocycles. The Kier molecular flexibility index (Phi) is 4.89. The number of phenols is 1. The van der Waals surface area contributed by atoms with E-state index in [4.69, 9.17) is 15.2 Å². The molecule has 0 radical (unpaired) electrons. The number of nitrogens with two attached hydrogens (primary N) is 1. The van der Waals surface area contributed by atoms with Gasteiger partial charge in [0.2, 0.25) is 5.82 Å². The number of anilines is 1. The molecule has 0 heterocycles. The number of hydrogen-bond donors (Lipinski definition) is 2. The number of esters is 1. The molecule has 1 fully saturated rings. The Balaban J connectivity index is 2.44. The van der Waals surface area contributed by atoms with Crippen LogP contribution in [0.2, 0.25) is 0 Å². The standard InChI is InChI=1S/C19H21F2NO4/c1-3-26-19(24)11-8-10(9-6-4-5-7-9)12-13(17(11)23)16(22)14(20)15(21)18(12)25-2/h8-9,23H,3-7,22H2,1-2H3. The summed E-state index contributed by atoms with van der Waals surface area (Å²) in [6.45, 7) is 1.76. The van der Waals surface area contributed by atoms with Crippen LogP contribution in [0.15, 0.2) is 6.07 Å². The summed E-state index contributed by atoms with van der Waals surface area (Å²) in [6, 6.07) is 1.49. The minimum Gasteiger partial charge on any atom is -0.506 e. The highest BCUT2D eigenvalue weighted by molar-refractivity contribution is 6.09. The molecule has 140 valence electrons. The number of methoxy groups -OCH3 is 1. The van der Waals surface area contributed by atoms with Crippen molar-refractivity contribution in [1.29, 1.82) is 0 Å². The zero-order chi connectivity index (χ0) is 19.0. The van der Waals surface area contributed by atoms with E-state index in [2.05, 4.69) is 0 Å². The van der Waals surface area contributed by atoms with Crippen LogP contribution in [-0.2, 0) is 4.74 Å². The molecule has 0 spiro atoms. The third-order valence-corrected chi connectivity index (χ3v) is 4.95. The molecule has 3 N–H and O–H groups in total. The van der Waals surface area contributed by atoms with Crippen LogP contribution >= 0.6 is 0 Å². The van der Waals surface area contributed by atoms with Gasteiger partial charge in [0.25, 0.3) is 0 Å². The highest BCUT2D eigenvalue weighted by atomic mass is 19.2. The van der Waals surface area contributed by atoms with Gasteiger partial charge in [-0.2, -0.15) is 4.39 Å². The lowest BCUT2D eigenvalue weighted by molar-refractivity contribution is 0.0523. The van der Waals surface area contributed by atoms with E-state index < -0.39 is 29.0 Å². The smallest absolute Gasteiger partial charge is 0.341 e. The van der Waals surface area contributed by atoms with E-state index in [0.717, 1.165) is 25.7 Å². The first-order valence-corrected chi connectivity index (χ1v) is 8.59. The van der Waals surface area contributed by atoms with Crippen LogP contribution in [0.1, 0.15) is 54.4 Å². The number of rotatable bonds is 4. The van der Waals surface area contributed by atoms with Crippen molar-refractivity contribution in [3.8, 4) is 11.5 Å². The average Bonchev–Trinajstić information content (AvgIpc) is 3.15. The van der Waals surface area contributed by atoms with Crippen molar-refractivity contribution in [2.45, 2.75) is 38.5 Å². The van der Waals surface area contributed by atoms with Crippen LogP contribution in [0.25, 0.3) is 10.8 Å². The summed E-state index contributed by atoms with van der Waals surface area (Å²) in [5.74, 6) is -4.09. The number of ether oxygens (including phenoxy) is 2. The van der Waals surface area contributed by atoms with E-state index in [9.17, 15) is 18.7 Å². The number of fused-ring (bicyclic) bond motifs is 1. The minimum atomic E-state index is -1.32. The molecule has 0 bridgehead atoms. The summed E-state index contributed by atoms with van der Waals surface area (Å²) < 4.78 is 38.8. The van der Waals surface area contributed by atoms with Gasteiger partial charge in [-0.1, -0.05) is 12.8 Å². The molecule has 1 aliphatic rings. The lowest BCUT2D eigenvalue weighted by Gasteiger charge is -2.20. The summed E-state index contributed by atoms with van der Waals surface area (Å²) in [5.41, 5.74) is 5.72. The average molecular weight is 365 g/mol. The molecular formula is C19H21F2NO4. The van der Waals surface area contributed by atoms with E-state index in [1.54, 1.807) is 6.92 Å². The van der Waals surface area contributed by atoms with Crippen molar-refractivity contribution in [2.24, 2.45) is 0 Å². The fraction of sp³-hybridized carbons (Fsp3) is 0.421. The number of benzene rings is 2. The highest BCUT2D eigenvalue weighted by Crippen LogP contribution is 2.48. The van der Waals surface area contributed by atoms with Crippen LogP contribution in [0.4, 0.5) is 14.5 Å². The fourth-order valence-electron chi connectivity index (χ4n) is 3.75. The molecule has 2 aromatic rings. The summed E-state index contributed by atoms with van der Waals surface area (Å²) in [6.07, 6.45) is 3.65. The van der Waals surface area contributed by atoms with Crippen LogP contribution in [0, 0.1) is 11.6 Å². The van der Waals surface area contributed by atoms with Gasteiger partial charge in [-0.25, -0.2) is 9.18 Å². The quantitative estimate of drug-likeness (QED) is 0.625. The predicted octanol–water partition coefficient (Wildman–Crippen LogP) is 4.25. The van der Waals surface area contributed by atoms with Crippen molar-refractivity contribution in [3.63, 3.8) is 0 Å². The number of halogens is 2. The molecule has 3 rings (SSSR count). The fourth-order valence-corrected chi connectivity index (χ4v) is 3.75. The van der Waals surface area contributed by atoms with Gasteiger partial charge < -0.3 is 20.3 Å². The Bertz CT molecular complexity index is 876. The Morgan fingerprint density at radius 3 is 2.50 bits per heavy atom. The second kappa shape index (κ2) is 6.97. The lowest BCUT2D eigenvalue weighted by atomic mass is 9.88. The van der Waals surface area contributed by atoms with Gasteiger partial charge in [-0.15, -0.1) is 0 Å². The van der Waals surface area contributed by atoms with Gasteiger partial charge >= 0.3 is 5.97 Å². The number of phenolic OH excluding ortho intramolecular Hbond substituents is 1. The first-order valence-electron chi connectivity index (χ1n) is 8.59. The maximum atomic E-state index is 14.4. The maximum absolute atomic E-state index is 14.4. The zero-order valence-corrected chi connectivity index (χ0v) is 14.7. The molecule has 0 aliphatic heterocycles. The third kappa shape index (κ3) is 2.71. The second-order valence-electron chi connectivity index (χ2n) is 6.39. The van der Waals surface area contributed by atoms with Gasteiger partial charge in [0.1, 0.15) is 11.3 Å². The molecule has 1 aliphatic carbocycles. The SMILES string of the molecule is CCOC(=O)c1cc(C2CCCC2)c2c(OC)c(F)c(F)c(N)c2c1O. The van der Waals surface area contributed by atoms with Crippen molar-refractivity contribution in [1.82, 2.24) is 0 Å². The molecule has 26 heavy (non-hydrogen) atoms. The van der Waals surface area contributed by atoms with Crippen LogP contribution in [-0.4, -0.2) is 24.8 Å². The summed E-state index contributed by atoms with van der Waals surface area (Å²) >= 11 is 0. The number of carbonyl (C=O) groups excluding carboxylic acids is 1. The number of hydrogen-bond acceptors (Lipinski definition) is 5. The van der Waals surface area contributed by atoms with Crippen molar-refractivity contribution in [3.05, 3.63) is 28.8 Å². The zero-order valence-electron chi connectivity index (χ0n) is 14.7. The van der Waals surface area contributed by atoms with Crippen molar-refractivity contribution in [2.75, 3.05) is 19.5 Å². The van der Waals surface area contributed by atoms with Crippen LogP contribution in [0.5, 0.6) is 11.5 Å². The number of nitrogen functional groups attached to an aromatic ring is 1. The third-order valence-electron chi connectivity index (χ3n) is 4.95. The molecule has 2 aromatic carbocycles. The summed E-state index contributed by atoms with van der Waals surface area (Å²) in [7, 11) is 1.22. The van der Waals surface area contributed by atoms with E-state index in [0.29, 0.717) is 5.56 Å². The normalized spacial score (nSPS) is 14.8. The van der Waals surface area contributed by atoms with Gasteiger partial charge in [-0.05, 0) is 37.3 Å². The molecule has 5 nitrogen and oxygen atoms in total. The van der Waals surface area contributed by atoms with Gasteiger partial charge in [0.15, 0.2) is 11.6 Å². The molecular weight excluding hydrogens is 344 g/mol. The van der Waals surface area contributed by atoms with E-state index in [-0.39, 0.29) is 34.6 Å². The minimum absolute atomic E-state index is 0.0319. The van der Waals surface area contributed by atoms with Crippen LogP contribution < -0.4 is 10.5 Å². The predicted molar refractivity (Wildman–Crippen MR) is 93.7 cm³/mol. The van der Waals surface area contributed by atoms with Gasteiger partial charge in [0, 0.05) is 5.39 Å². The maximum Gasteiger partial charge on any atom is 0.341 e. The Morgan fingerprint density at radius 2 is 1.92 bits per heavy atom. The largest absolute Gasteiger partial charge is 0.506 e. The van der Waals surface area contributed by atoms with E-state index in [1.807, 2.05) is 0 Å². The van der Waals surface area contributed by atoms with Gasteiger partial charge in [0.05, 0.1) is 24.8 Å². The highest BCUT2D eigenvalue weighted by Gasteiger charge is 2.30. The van der Waals surface area contributed by atoms with Crippen molar-refractivity contribution >= 4 is 22.4 Å². The Labute approximate surface area is 149 Å². The monoisotopic (exact) mass is 365 g/mol. The summed E-state index contributed by atoms with van der Waals surface area (Å²) in [5, 5.41) is 10.7. The Hall–Kier alpha value is -2.57. The topological polar surface area (TPSA) is 81.8 Å². The first-order chi connectivity index (χ1) is 12.4. The van der Waals surface area contributed by atoms with E-state index in [1.165, 1.54) is 13.2 Å². The second-order valence-corrected chi connectivity index (χ2v) is 6.39. The number of carbonyl (C=O) groups is 1.